The lowest BCUT2D eigenvalue weighted by Gasteiger charge is -2.11. The lowest BCUT2D eigenvalue weighted by Crippen LogP contribution is -2.34. The summed E-state index contributed by atoms with van der Waals surface area (Å²) < 4.78 is 25.5. The fourth-order valence-electron chi connectivity index (χ4n) is 1.65. The zero-order chi connectivity index (χ0) is 14.3. The van der Waals surface area contributed by atoms with Crippen molar-refractivity contribution in [2.75, 3.05) is 0 Å². The number of hydrogen-bond acceptors (Lipinski definition) is 3. The quantitative estimate of drug-likeness (QED) is 0.871. The molecule has 0 spiro atoms. The van der Waals surface area contributed by atoms with Crippen LogP contribution in [0.25, 0.3) is 6.08 Å². The second-order valence-corrected chi connectivity index (χ2v) is 5.80. The van der Waals surface area contributed by atoms with Crippen LogP contribution < -0.4 is 4.72 Å². The largest absolute Gasteiger partial charge is 0.274 e. The summed E-state index contributed by atoms with van der Waals surface area (Å²) in [6.45, 7) is 3.72. The fraction of sp³-hybridized carbons (Fsp3) is 0.357. The molecule has 0 radical (unpaired) electrons. The highest BCUT2D eigenvalue weighted by atomic mass is 32.2. The van der Waals surface area contributed by atoms with Crippen LogP contribution in [-0.2, 0) is 14.8 Å². The Balaban J connectivity index is 2.72. The average molecular weight is 281 g/mol. The summed E-state index contributed by atoms with van der Waals surface area (Å²) in [6.07, 6.45) is 2.71. The molecule has 1 rings (SSSR count). The summed E-state index contributed by atoms with van der Waals surface area (Å²) in [5.74, 6) is -0.706. The van der Waals surface area contributed by atoms with Gasteiger partial charge in [-0.3, -0.25) is 4.79 Å². The van der Waals surface area contributed by atoms with Crippen LogP contribution >= 0.6 is 0 Å². The molecule has 1 amide bonds. The highest BCUT2D eigenvalue weighted by molar-refractivity contribution is 7.93. The molecule has 0 saturated heterocycles. The van der Waals surface area contributed by atoms with Gasteiger partial charge in [0.1, 0.15) is 0 Å². The van der Waals surface area contributed by atoms with Crippen molar-refractivity contribution >= 4 is 22.0 Å². The first-order valence-electron chi connectivity index (χ1n) is 6.28. The zero-order valence-corrected chi connectivity index (χ0v) is 12.0. The van der Waals surface area contributed by atoms with Crippen molar-refractivity contribution in [1.82, 2.24) is 4.72 Å². The van der Waals surface area contributed by atoms with Gasteiger partial charge in [-0.05, 0) is 24.5 Å². The molecular formula is C14H19NO3S. The molecule has 0 heterocycles. The summed E-state index contributed by atoms with van der Waals surface area (Å²) >= 11 is 0. The third kappa shape index (κ3) is 5.26. The van der Waals surface area contributed by atoms with Gasteiger partial charge in [-0.15, -0.1) is 0 Å². The number of benzene rings is 1. The molecule has 0 aliphatic heterocycles. The van der Waals surface area contributed by atoms with Crippen molar-refractivity contribution in [3.63, 3.8) is 0 Å². The molecule has 0 fully saturated rings. The highest BCUT2D eigenvalue weighted by Crippen LogP contribution is 2.08. The minimum absolute atomic E-state index is 0.264. The van der Waals surface area contributed by atoms with Crippen molar-refractivity contribution < 1.29 is 13.2 Å². The van der Waals surface area contributed by atoms with Gasteiger partial charge in [-0.2, -0.15) is 0 Å². The van der Waals surface area contributed by atoms with Crippen LogP contribution in [0.2, 0.25) is 0 Å². The van der Waals surface area contributed by atoms with Gasteiger partial charge in [-0.1, -0.05) is 44.2 Å². The Morgan fingerprint density at radius 2 is 1.79 bits per heavy atom. The monoisotopic (exact) mass is 281 g/mol. The molecule has 104 valence electrons. The maximum Gasteiger partial charge on any atom is 0.257 e. The van der Waals surface area contributed by atoms with Crippen molar-refractivity contribution in [3.05, 3.63) is 41.3 Å². The van der Waals surface area contributed by atoms with E-state index in [0.717, 1.165) is 11.0 Å². The van der Waals surface area contributed by atoms with Gasteiger partial charge in [0, 0.05) is 5.92 Å². The molecule has 5 heteroatoms. The predicted octanol–water partition coefficient (Wildman–Crippen LogP) is 2.54. The molecule has 0 saturated carbocycles. The van der Waals surface area contributed by atoms with Gasteiger partial charge in [0.05, 0.1) is 5.41 Å². The summed E-state index contributed by atoms with van der Waals surface area (Å²) in [5, 5.41) is 1.02. The van der Waals surface area contributed by atoms with Crippen LogP contribution in [0.3, 0.4) is 0 Å². The van der Waals surface area contributed by atoms with E-state index in [4.69, 9.17) is 0 Å². The molecule has 0 aromatic heterocycles. The minimum Gasteiger partial charge on any atom is -0.274 e. The summed E-state index contributed by atoms with van der Waals surface area (Å²) in [4.78, 5) is 11.7. The van der Waals surface area contributed by atoms with Gasteiger partial charge in [-0.25, -0.2) is 13.1 Å². The lowest BCUT2D eigenvalue weighted by atomic mass is 10.0. The topological polar surface area (TPSA) is 63.2 Å². The predicted molar refractivity (Wildman–Crippen MR) is 76.6 cm³/mol. The minimum atomic E-state index is -3.72. The molecule has 1 aromatic rings. The Kier molecular flexibility index (Phi) is 5.76. The molecule has 0 aliphatic rings. The van der Waals surface area contributed by atoms with Crippen LogP contribution in [0.4, 0.5) is 0 Å². The molecule has 0 atom stereocenters. The van der Waals surface area contributed by atoms with E-state index >= 15 is 0 Å². The van der Waals surface area contributed by atoms with E-state index in [9.17, 15) is 13.2 Å². The van der Waals surface area contributed by atoms with Crippen LogP contribution in [0.5, 0.6) is 0 Å². The van der Waals surface area contributed by atoms with Crippen LogP contribution in [0, 0.1) is 5.92 Å². The van der Waals surface area contributed by atoms with Crippen molar-refractivity contribution in [2.24, 2.45) is 5.92 Å². The number of rotatable bonds is 6. The maximum atomic E-state index is 11.7. The normalized spacial score (nSPS) is 11.9. The van der Waals surface area contributed by atoms with Crippen LogP contribution in [0.15, 0.2) is 35.7 Å². The van der Waals surface area contributed by atoms with E-state index in [1.54, 1.807) is 12.1 Å². The molecule has 0 unspecified atom stereocenters. The first-order valence-corrected chi connectivity index (χ1v) is 7.83. The first-order chi connectivity index (χ1) is 8.98. The SMILES string of the molecule is CCC(CC)C(=O)NS(=O)(=O)/C=C/c1ccccc1. The van der Waals surface area contributed by atoms with Crippen LogP contribution in [-0.4, -0.2) is 14.3 Å². The van der Waals surface area contributed by atoms with E-state index in [-0.39, 0.29) is 5.92 Å². The van der Waals surface area contributed by atoms with E-state index in [1.807, 2.05) is 32.0 Å². The maximum absolute atomic E-state index is 11.7. The van der Waals surface area contributed by atoms with Gasteiger partial charge >= 0.3 is 0 Å². The van der Waals surface area contributed by atoms with Crippen molar-refractivity contribution in [3.8, 4) is 0 Å². The molecule has 0 bridgehead atoms. The molecule has 4 nitrogen and oxygen atoms in total. The molecule has 19 heavy (non-hydrogen) atoms. The number of carbonyl (C=O) groups is 1. The molecule has 1 aromatic carbocycles. The molecule has 1 N–H and O–H groups in total. The smallest absolute Gasteiger partial charge is 0.257 e. The van der Waals surface area contributed by atoms with E-state index in [0.29, 0.717) is 12.8 Å². The summed E-state index contributed by atoms with van der Waals surface area (Å²) in [5.41, 5.74) is 0.767. The second kappa shape index (κ2) is 7.09. The Hall–Kier alpha value is -1.62. The number of hydrogen-bond donors (Lipinski definition) is 1. The lowest BCUT2D eigenvalue weighted by molar-refractivity contribution is -0.123. The van der Waals surface area contributed by atoms with Crippen molar-refractivity contribution in [1.29, 1.82) is 0 Å². The van der Waals surface area contributed by atoms with Crippen LogP contribution in [0.1, 0.15) is 32.3 Å². The summed E-state index contributed by atoms with van der Waals surface area (Å²) in [7, 11) is -3.72. The van der Waals surface area contributed by atoms with Crippen molar-refractivity contribution in [2.45, 2.75) is 26.7 Å². The number of carbonyl (C=O) groups excluding carboxylic acids is 1. The summed E-state index contributed by atoms with van der Waals surface area (Å²) in [6, 6.07) is 9.05. The highest BCUT2D eigenvalue weighted by Gasteiger charge is 2.18. The van der Waals surface area contributed by atoms with E-state index < -0.39 is 15.9 Å². The number of amides is 1. The third-order valence-electron chi connectivity index (χ3n) is 2.84. The van der Waals surface area contributed by atoms with Gasteiger partial charge in [0.2, 0.25) is 5.91 Å². The Morgan fingerprint density at radius 1 is 1.21 bits per heavy atom. The van der Waals surface area contributed by atoms with E-state index in [1.165, 1.54) is 6.08 Å². The first kappa shape index (κ1) is 15.4. The van der Waals surface area contributed by atoms with Gasteiger partial charge in [0.15, 0.2) is 0 Å². The zero-order valence-electron chi connectivity index (χ0n) is 11.2. The number of nitrogens with one attached hydrogen (secondary N) is 1. The third-order valence-corrected chi connectivity index (χ3v) is 3.82. The Labute approximate surface area is 114 Å². The fourth-order valence-corrected chi connectivity index (χ4v) is 2.50. The van der Waals surface area contributed by atoms with E-state index in [2.05, 4.69) is 4.72 Å². The molecule has 0 aliphatic carbocycles. The number of sulfonamides is 1. The standard InChI is InChI=1S/C14H19NO3S/c1-3-13(4-2)14(16)15-19(17,18)11-10-12-8-6-5-7-9-12/h5-11,13H,3-4H2,1-2H3,(H,15,16)/b11-10+. The Morgan fingerprint density at radius 3 is 2.32 bits per heavy atom. The van der Waals surface area contributed by atoms with Gasteiger partial charge in [0.25, 0.3) is 10.0 Å². The second-order valence-electron chi connectivity index (χ2n) is 4.24. The average Bonchev–Trinajstić information content (AvgIpc) is 2.38. The van der Waals surface area contributed by atoms with Gasteiger partial charge < -0.3 is 0 Å². The Bertz CT molecular complexity index is 531. The molecular weight excluding hydrogens is 262 g/mol.